The van der Waals surface area contributed by atoms with Crippen LogP contribution in [0.15, 0.2) is 48.5 Å². The highest BCUT2D eigenvalue weighted by Gasteiger charge is 2.30. The van der Waals surface area contributed by atoms with E-state index in [1.165, 1.54) is 0 Å². The van der Waals surface area contributed by atoms with Crippen molar-refractivity contribution in [3.8, 4) is 17.6 Å². The van der Waals surface area contributed by atoms with Gasteiger partial charge in [0.2, 0.25) is 0 Å². The molecule has 0 spiro atoms. The molecular weight excluding hydrogens is 328 g/mol. The lowest BCUT2D eigenvalue weighted by molar-refractivity contribution is -0.128. The fraction of sp³-hybridized carbons (Fsp3) is 0.222. The molecule has 0 atom stereocenters. The van der Waals surface area contributed by atoms with E-state index in [0.717, 1.165) is 0 Å². The fourth-order valence-corrected chi connectivity index (χ4v) is 2.00. The summed E-state index contributed by atoms with van der Waals surface area (Å²) in [7, 11) is 0. The van der Waals surface area contributed by atoms with E-state index in [0.29, 0.717) is 22.2 Å². The molecule has 0 saturated carbocycles. The fourth-order valence-electron chi connectivity index (χ4n) is 1.88. The lowest BCUT2D eigenvalue weighted by atomic mass is 10.1. The van der Waals surface area contributed by atoms with Gasteiger partial charge in [-0.05, 0) is 62.4 Å². The summed E-state index contributed by atoms with van der Waals surface area (Å²) in [6.07, 6.45) is 0. The summed E-state index contributed by atoms with van der Waals surface area (Å²) in [4.78, 5) is 12.4. The Morgan fingerprint density at radius 2 is 1.71 bits per heavy atom. The quantitative estimate of drug-likeness (QED) is 0.858. The second-order valence-corrected chi connectivity index (χ2v) is 5.93. The summed E-state index contributed by atoms with van der Waals surface area (Å²) < 4.78 is 10.9. The molecule has 1 N–H and O–H groups in total. The van der Waals surface area contributed by atoms with Crippen LogP contribution in [0.1, 0.15) is 13.8 Å². The van der Waals surface area contributed by atoms with E-state index in [1.807, 2.05) is 6.07 Å². The third-order valence-electron chi connectivity index (χ3n) is 3.15. The first-order valence-electron chi connectivity index (χ1n) is 7.26. The van der Waals surface area contributed by atoms with Crippen molar-refractivity contribution in [3.05, 3.63) is 53.6 Å². The van der Waals surface area contributed by atoms with E-state index in [-0.39, 0.29) is 12.5 Å². The van der Waals surface area contributed by atoms with Crippen molar-refractivity contribution in [1.29, 1.82) is 5.26 Å². The SMILES string of the molecule is CC(C)(Oc1ccc(Cl)cc1)C(=O)Nc1ccc(OCC#N)cc1. The lowest BCUT2D eigenvalue weighted by Gasteiger charge is -2.25. The van der Waals surface area contributed by atoms with Crippen molar-refractivity contribution in [2.45, 2.75) is 19.4 Å². The van der Waals surface area contributed by atoms with Crippen molar-refractivity contribution in [2.75, 3.05) is 11.9 Å². The average molecular weight is 345 g/mol. The highest BCUT2D eigenvalue weighted by molar-refractivity contribution is 6.30. The molecule has 1 amide bonds. The number of ether oxygens (including phenoxy) is 2. The highest BCUT2D eigenvalue weighted by atomic mass is 35.5. The third kappa shape index (κ3) is 4.90. The van der Waals surface area contributed by atoms with Gasteiger partial charge < -0.3 is 14.8 Å². The molecule has 2 aromatic rings. The minimum atomic E-state index is -1.07. The molecule has 0 heterocycles. The number of nitrogens with zero attached hydrogens (tertiary/aromatic N) is 1. The maximum atomic E-state index is 12.4. The topological polar surface area (TPSA) is 71.3 Å². The van der Waals surface area contributed by atoms with Gasteiger partial charge in [0.25, 0.3) is 5.91 Å². The molecule has 0 unspecified atom stereocenters. The van der Waals surface area contributed by atoms with Gasteiger partial charge >= 0.3 is 0 Å². The number of halogens is 1. The van der Waals surface area contributed by atoms with Gasteiger partial charge in [-0.2, -0.15) is 5.26 Å². The minimum absolute atomic E-state index is 0.0202. The van der Waals surface area contributed by atoms with Gasteiger partial charge in [-0.25, -0.2) is 0 Å². The summed E-state index contributed by atoms with van der Waals surface area (Å²) in [5.41, 5.74) is -0.457. The first kappa shape index (κ1) is 17.6. The Hall–Kier alpha value is -2.71. The van der Waals surface area contributed by atoms with Crippen LogP contribution in [0, 0.1) is 11.3 Å². The number of rotatable bonds is 6. The van der Waals surface area contributed by atoms with Crippen LogP contribution in [0.4, 0.5) is 5.69 Å². The molecule has 5 nitrogen and oxygen atoms in total. The van der Waals surface area contributed by atoms with Crippen molar-refractivity contribution in [1.82, 2.24) is 0 Å². The zero-order valence-corrected chi connectivity index (χ0v) is 14.1. The van der Waals surface area contributed by atoms with Crippen LogP contribution in [0.5, 0.6) is 11.5 Å². The second-order valence-electron chi connectivity index (χ2n) is 5.49. The largest absolute Gasteiger partial charge is 0.479 e. The van der Waals surface area contributed by atoms with Crippen molar-refractivity contribution >= 4 is 23.2 Å². The summed E-state index contributed by atoms with van der Waals surface area (Å²) in [6, 6.07) is 15.5. The molecule has 24 heavy (non-hydrogen) atoms. The zero-order chi connectivity index (χ0) is 17.6. The van der Waals surface area contributed by atoms with Crippen LogP contribution >= 0.6 is 11.6 Å². The van der Waals surface area contributed by atoms with Gasteiger partial charge in [0, 0.05) is 10.7 Å². The molecule has 6 heteroatoms. The number of carbonyl (C=O) groups is 1. The predicted molar refractivity (Wildman–Crippen MR) is 92.3 cm³/mol. The summed E-state index contributed by atoms with van der Waals surface area (Å²) in [5, 5.41) is 11.9. The molecule has 0 aliphatic rings. The van der Waals surface area contributed by atoms with E-state index >= 15 is 0 Å². The van der Waals surface area contributed by atoms with Crippen LogP contribution in [0.25, 0.3) is 0 Å². The maximum absolute atomic E-state index is 12.4. The first-order chi connectivity index (χ1) is 11.4. The first-order valence-corrected chi connectivity index (χ1v) is 7.64. The normalized spacial score (nSPS) is 10.6. The molecule has 0 aliphatic carbocycles. The molecular formula is C18H17ClN2O3. The Kier molecular flexibility index (Phi) is 5.67. The van der Waals surface area contributed by atoms with E-state index in [4.69, 9.17) is 26.3 Å². The van der Waals surface area contributed by atoms with Crippen molar-refractivity contribution in [3.63, 3.8) is 0 Å². The Bertz CT molecular complexity index is 734. The van der Waals surface area contributed by atoms with E-state index in [2.05, 4.69) is 5.32 Å². The number of benzene rings is 2. The standard InChI is InChI=1S/C18H17ClN2O3/c1-18(2,24-16-7-3-13(19)4-8-16)17(22)21-14-5-9-15(10-6-14)23-12-11-20/h3-10H,12H2,1-2H3,(H,21,22). The molecule has 0 fully saturated rings. The average Bonchev–Trinajstić information content (AvgIpc) is 2.56. The van der Waals surface area contributed by atoms with E-state index < -0.39 is 5.60 Å². The summed E-state index contributed by atoms with van der Waals surface area (Å²) >= 11 is 5.83. The number of amides is 1. The third-order valence-corrected chi connectivity index (χ3v) is 3.40. The van der Waals surface area contributed by atoms with Gasteiger partial charge in [-0.3, -0.25) is 4.79 Å². The molecule has 0 aliphatic heterocycles. The van der Waals surface area contributed by atoms with Crippen LogP contribution in [-0.2, 0) is 4.79 Å². The highest BCUT2D eigenvalue weighted by Crippen LogP contribution is 2.23. The van der Waals surface area contributed by atoms with Gasteiger partial charge in [0.05, 0.1) is 0 Å². The van der Waals surface area contributed by atoms with Crippen LogP contribution < -0.4 is 14.8 Å². The Morgan fingerprint density at radius 1 is 1.12 bits per heavy atom. The van der Waals surface area contributed by atoms with Crippen molar-refractivity contribution < 1.29 is 14.3 Å². The second kappa shape index (κ2) is 7.71. The summed E-state index contributed by atoms with van der Waals surface area (Å²) in [5.74, 6) is 0.828. The van der Waals surface area contributed by atoms with Crippen LogP contribution in [0.3, 0.4) is 0 Å². The number of hydrogen-bond donors (Lipinski definition) is 1. The summed E-state index contributed by atoms with van der Waals surface area (Å²) in [6.45, 7) is 3.34. The smallest absolute Gasteiger partial charge is 0.267 e. The number of hydrogen-bond acceptors (Lipinski definition) is 4. The Labute approximate surface area is 145 Å². The number of nitrogens with one attached hydrogen (secondary N) is 1. The predicted octanol–water partition coefficient (Wildman–Crippen LogP) is 4.04. The van der Waals surface area contributed by atoms with Gasteiger partial charge in [0.1, 0.15) is 17.6 Å². The van der Waals surface area contributed by atoms with Gasteiger partial charge in [0.15, 0.2) is 12.2 Å². The number of carbonyl (C=O) groups excluding carboxylic acids is 1. The van der Waals surface area contributed by atoms with E-state index in [1.54, 1.807) is 62.4 Å². The van der Waals surface area contributed by atoms with Gasteiger partial charge in [-0.1, -0.05) is 11.6 Å². The molecule has 2 aromatic carbocycles. The molecule has 0 bridgehead atoms. The number of nitriles is 1. The molecule has 0 saturated heterocycles. The zero-order valence-electron chi connectivity index (χ0n) is 13.4. The molecule has 0 aromatic heterocycles. The van der Waals surface area contributed by atoms with E-state index in [9.17, 15) is 4.79 Å². The van der Waals surface area contributed by atoms with Crippen molar-refractivity contribution in [2.24, 2.45) is 0 Å². The molecule has 0 radical (unpaired) electrons. The minimum Gasteiger partial charge on any atom is -0.479 e. The Balaban J connectivity index is 1.99. The van der Waals surface area contributed by atoms with Gasteiger partial charge in [-0.15, -0.1) is 0 Å². The molecule has 124 valence electrons. The van der Waals surface area contributed by atoms with Crippen LogP contribution in [-0.4, -0.2) is 18.1 Å². The maximum Gasteiger partial charge on any atom is 0.267 e. The molecule has 2 rings (SSSR count). The lowest BCUT2D eigenvalue weighted by Crippen LogP contribution is -2.42. The number of anilines is 1. The Morgan fingerprint density at radius 3 is 2.29 bits per heavy atom. The van der Waals surface area contributed by atoms with Crippen LogP contribution in [0.2, 0.25) is 5.02 Å². The monoisotopic (exact) mass is 344 g/mol.